The zero-order valence-corrected chi connectivity index (χ0v) is 17.1. The van der Waals surface area contributed by atoms with Crippen molar-refractivity contribution >= 4 is 11.8 Å². The third-order valence-corrected chi connectivity index (χ3v) is 5.01. The fourth-order valence-electron chi connectivity index (χ4n) is 3.52. The maximum Gasteiger partial charge on any atom is 0.161 e. The number of benzene rings is 2. The van der Waals surface area contributed by atoms with Gasteiger partial charge in [0.15, 0.2) is 11.5 Å². The van der Waals surface area contributed by atoms with E-state index < -0.39 is 6.10 Å². The molecule has 1 saturated heterocycles. The predicted molar refractivity (Wildman–Crippen MR) is 114 cm³/mol. The molecule has 1 aliphatic heterocycles. The molecular formula is C23H29FN2O3. The van der Waals surface area contributed by atoms with Gasteiger partial charge < -0.3 is 19.5 Å². The van der Waals surface area contributed by atoms with Crippen LogP contribution >= 0.6 is 0 Å². The molecule has 1 atom stereocenters. The van der Waals surface area contributed by atoms with Crippen LogP contribution in [0.15, 0.2) is 48.5 Å². The quantitative estimate of drug-likeness (QED) is 0.736. The van der Waals surface area contributed by atoms with E-state index in [0.717, 1.165) is 31.7 Å². The Kier molecular flexibility index (Phi) is 7.49. The molecule has 0 spiro atoms. The van der Waals surface area contributed by atoms with Crippen molar-refractivity contribution in [3.05, 3.63) is 59.9 Å². The lowest BCUT2D eigenvalue weighted by Gasteiger charge is -2.36. The second-order valence-electron chi connectivity index (χ2n) is 7.11. The van der Waals surface area contributed by atoms with Crippen molar-refractivity contribution in [2.24, 2.45) is 0 Å². The monoisotopic (exact) mass is 400 g/mol. The van der Waals surface area contributed by atoms with Crippen molar-refractivity contribution in [2.45, 2.75) is 13.0 Å². The summed E-state index contributed by atoms with van der Waals surface area (Å²) in [5.41, 5.74) is 1.68. The van der Waals surface area contributed by atoms with Gasteiger partial charge in [-0.05, 0) is 36.8 Å². The molecule has 0 radical (unpaired) electrons. The van der Waals surface area contributed by atoms with Gasteiger partial charge in [0.1, 0.15) is 18.5 Å². The Hall–Kier alpha value is -2.57. The van der Waals surface area contributed by atoms with Crippen LogP contribution in [-0.4, -0.2) is 62.6 Å². The number of β-amino-alcohol motifs (C(OH)–C–C–N with tert-alkyl or cyclic N) is 1. The van der Waals surface area contributed by atoms with Crippen molar-refractivity contribution in [3.63, 3.8) is 0 Å². The smallest absolute Gasteiger partial charge is 0.161 e. The van der Waals surface area contributed by atoms with Crippen LogP contribution in [0.25, 0.3) is 6.08 Å². The number of hydrogen-bond acceptors (Lipinski definition) is 5. The van der Waals surface area contributed by atoms with Crippen LogP contribution in [-0.2, 0) is 0 Å². The summed E-state index contributed by atoms with van der Waals surface area (Å²) in [5.74, 6) is 1.07. The Morgan fingerprint density at radius 3 is 2.55 bits per heavy atom. The number of ether oxygens (including phenoxy) is 2. The lowest BCUT2D eigenvalue weighted by molar-refractivity contribution is 0.0653. The second kappa shape index (κ2) is 10.3. The summed E-state index contributed by atoms with van der Waals surface area (Å²) in [6.45, 7) is 5.67. The zero-order valence-electron chi connectivity index (χ0n) is 17.1. The molecule has 1 fully saturated rings. The van der Waals surface area contributed by atoms with Gasteiger partial charge in [0.05, 0.1) is 12.8 Å². The average molecular weight is 400 g/mol. The molecule has 156 valence electrons. The van der Waals surface area contributed by atoms with Gasteiger partial charge >= 0.3 is 0 Å². The molecule has 1 N–H and O–H groups in total. The summed E-state index contributed by atoms with van der Waals surface area (Å²) in [5, 5.41) is 10.4. The van der Waals surface area contributed by atoms with Crippen LogP contribution in [0.2, 0.25) is 0 Å². The minimum absolute atomic E-state index is 0.187. The van der Waals surface area contributed by atoms with E-state index in [1.807, 2.05) is 54.3 Å². The van der Waals surface area contributed by atoms with Crippen LogP contribution in [0.4, 0.5) is 10.1 Å². The fourth-order valence-corrected chi connectivity index (χ4v) is 3.52. The van der Waals surface area contributed by atoms with Crippen molar-refractivity contribution in [3.8, 4) is 11.5 Å². The Bertz CT molecular complexity index is 820. The zero-order chi connectivity index (χ0) is 20.6. The molecule has 6 heteroatoms. The summed E-state index contributed by atoms with van der Waals surface area (Å²) < 4.78 is 25.1. The van der Waals surface area contributed by atoms with Gasteiger partial charge in [0.25, 0.3) is 0 Å². The van der Waals surface area contributed by atoms with Gasteiger partial charge in [0, 0.05) is 32.7 Å². The van der Waals surface area contributed by atoms with E-state index in [2.05, 4.69) is 4.90 Å². The van der Waals surface area contributed by atoms with Crippen molar-refractivity contribution < 1.29 is 19.0 Å². The third kappa shape index (κ3) is 5.71. The van der Waals surface area contributed by atoms with E-state index in [1.54, 1.807) is 13.2 Å². The topological polar surface area (TPSA) is 45.2 Å². The van der Waals surface area contributed by atoms with Crippen molar-refractivity contribution in [2.75, 3.05) is 51.3 Å². The number of para-hydroxylation sites is 1. The van der Waals surface area contributed by atoms with E-state index in [-0.39, 0.29) is 12.4 Å². The van der Waals surface area contributed by atoms with Crippen molar-refractivity contribution in [1.82, 2.24) is 4.90 Å². The van der Waals surface area contributed by atoms with Gasteiger partial charge in [-0.15, -0.1) is 0 Å². The molecule has 2 aromatic rings. The summed E-state index contributed by atoms with van der Waals surface area (Å²) in [6.07, 6.45) is 3.34. The molecule has 5 nitrogen and oxygen atoms in total. The average Bonchev–Trinajstić information content (AvgIpc) is 2.74. The van der Waals surface area contributed by atoms with Crippen LogP contribution in [0.5, 0.6) is 11.5 Å². The van der Waals surface area contributed by atoms with Gasteiger partial charge in [0.2, 0.25) is 0 Å². The molecule has 3 rings (SSSR count). The minimum Gasteiger partial charge on any atom is -0.493 e. The van der Waals surface area contributed by atoms with Gasteiger partial charge in [-0.25, -0.2) is 4.39 Å². The standard InChI is InChI=1S/C23H29FN2O3/c1-3-6-18-9-10-22(23(15-18)28-2)29-17-19(27)16-25-11-13-26(14-12-25)21-8-5-4-7-20(21)24/h3-10,15,19,27H,11-14,16-17H2,1-2H3. The summed E-state index contributed by atoms with van der Waals surface area (Å²) in [7, 11) is 1.60. The highest BCUT2D eigenvalue weighted by atomic mass is 19.1. The first-order valence-electron chi connectivity index (χ1n) is 9.94. The summed E-state index contributed by atoms with van der Waals surface area (Å²) >= 11 is 0. The molecule has 0 aliphatic carbocycles. The van der Waals surface area contributed by atoms with Gasteiger partial charge in [-0.3, -0.25) is 4.90 Å². The fraction of sp³-hybridized carbons (Fsp3) is 0.391. The number of piperazine rings is 1. The van der Waals surface area contributed by atoms with E-state index in [9.17, 15) is 9.50 Å². The number of allylic oxidation sites excluding steroid dienone is 1. The molecule has 1 aliphatic rings. The number of aliphatic hydroxyl groups is 1. The lowest BCUT2D eigenvalue weighted by atomic mass is 10.2. The Morgan fingerprint density at radius 1 is 1.10 bits per heavy atom. The van der Waals surface area contributed by atoms with E-state index in [0.29, 0.717) is 23.7 Å². The Labute approximate surface area is 172 Å². The highest BCUT2D eigenvalue weighted by Gasteiger charge is 2.21. The normalized spacial score (nSPS) is 16.2. The first-order valence-corrected chi connectivity index (χ1v) is 9.94. The van der Waals surface area contributed by atoms with Crippen LogP contribution in [0, 0.1) is 5.82 Å². The van der Waals surface area contributed by atoms with Crippen LogP contribution in [0.3, 0.4) is 0 Å². The van der Waals surface area contributed by atoms with Gasteiger partial charge in [-0.2, -0.15) is 0 Å². The summed E-state index contributed by atoms with van der Waals surface area (Å²) in [6, 6.07) is 12.6. The third-order valence-electron chi connectivity index (χ3n) is 5.01. The molecule has 2 aromatic carbocycles. The number of aliphatic hydroxyl groups excluding tert-OH is 1. The molecule has 1 heterocycles. The largest absolute Gasteiger partial charge is 0.493 e. The Balaban J connectivity index is 1.47. The highest BCUT2D eigenvalue weighted by Crippen LogP contribution is 2.28. The van der Waals surface area contributed by atoms with E-state index >= 15 is 0 Å². The first kappa shape index (κ1) is 21.1. The van der Waals surface area contributed by atoms with E-state index in [1.165, 1.54) is 6.07 Å². The SMILES string of the molecule is CC=Cc1ccc(OCC(O)CN2CCN(c3ccccc3F)CC2)c(OC)c1. The number of rotatable bonds is 8. The molecule has 0 saturated carbocycles. The van der Waals surface area contributed by atoms with Gasteiger partial charge in [-0.1, -0.05) is 30.4 Å². The molecular weight excluding hydrogens is 371 g/mol. The predicted octanol–water partition coefficient (Wildman–Crippen LogP) is 3.43. The maximum atomic E-state index is 13.9. The van der Waals surface area contributed by atoms with E-state index in [4.69, 9.17) is 9.47 Å². The number of halogens is 1. The lowest BCUT2D eigenvalue weighted by Crippen LogP contribution is -2.49. The highest BCUT2D eigenvalue weighted by molar-refractivity contribution is 5.55. The van der Waals surface area contributed by atoms with Crippen molar-refractivity contribution in [1.29, 1.82) is 0 Å². The number of nitrogens with zero attached hydrogens (tertiary/aromatic N) is 2. The van der Waals surface area contributed by atoms with Crippen LogP contribution < -0.4 is 14.4 Å². The summed E-state index contributed by atoms with van der Waals surface area (Å²) in [4.78, 5) is 4.23. The molecule has 29 heavy (non-hydrogen) atoms. The molecule has 0 amide bonds. The number of anilines is 1. The van der Waals surface area contributed by atoms with Crippen LogP contribution in [0.1, 0.15) is 12.5 Å². The molecule has 1 unspecified atom stereocenters. The number of methoxy groups -OCH3 is 1. The molecule has 0 aromatic heterocycles. The maximum absolute atomic E-state index is 13.9. The Morgan fingerprint density at radius 2 is 1.86 bits per heavy atom. The second-order valence-corrected chi connectivity index (χ2v) is 7.11. The molecule has 0 bridgehead atoms. The number of hydrogen-bond donors (Lipinski definition) is 1. The first-order chi connectivity index (χ1) is 14.1. The minimum atomic E-state index is -0.616.